The summed E-state index contributed by atoms with van der Waals surface area (Å²) in [5, 5.41) is 15.2. The first kappa shape index (κ1) is 15.5. The number of aromatic nitrogens is 6. The van der Waals surface area contributed by atoms with Crippen LogP contribution in [0.1, 0.15) is 11.3 Å². The molecule has 2 N–H and O–H groups in total. The number of aromatic amines is 1. The Morgan fingerprint density at radius 3 is 2.96 bits per heavy atom. The SMILES string of the molecule is Cn1cc(Nc2nc(Cc3cc(Cl)ccc3F)c3cn[nH]c3n2)cn1. The summed E-state index contributed by atoms with van der Waals surface area (Å²) >= 11 is 5.98. The zero-order valence-corrected chi connectivity index (χ0v) is 13.9. The van der Waals surface area contributed by atoms with Crippen molar-refractivity contribution in [1.29, 1.82) is 0 Å². The summed E-state index contributed by atoms with van der Waals surface area (Å²) in [5.74, 6) is 0.0450. The van der Waals surface area contributed by atoms with Gasteiger partial charge in [0.25, 0.3) is 0 Å². The molecule has 0 amide bonds. The number of anilines is 2. The van der Waals surface area contributed by atoms with Crippen molar-refractivity contribution < 1.29 is 4.39 Å². The van der Waals surface area contributed by atoms with Crippen molar-refractivity contribution in [3.8, 4) is 0 Å². The lowest BCUT2D eigenvalue weighted by Gasteiger charge is -2.08. The fourth-order valence-electron chi connectivity index (χ4n) is 2.56. The molecule has 0 aliphatic rings. The molecular formula is C16H13ClFN7. The number of halogens is 2. The van der Waals surface area contributed by atoms with Crippen LogP contribution in [0.5, 0.6) is 0 Å². The van der Waals surface area contributed by atoms with Crippen LogP contribution in [-0.2, 0) is 13.5 Å². The van der Waals surface area contributed by atoms with E-state index in [1.165, 1.54) is 12.1 Å². The number of nitrogens with zero attached hydrogens (tertiary/aromatic N) is 5. The molecule has 9 heteroatoms. The van der Waals surface area contributed by atoms with Gasteiger partial charge in [0.15, 0.2) is 5.65 Å². The molecule has 4 aromatic rings. The first-order valence-corrected chi connectivity index (χ1v) is 7.86. The molecule has 25 heavy (non-hydrogen) atoms. The number of nitrogens with one attached hydrogen (secondary N) is 2. The third-order valence-electron chi connectivity index (χ3n) is 3.72. The Morgan fingerprint density at radius 1 is 1.28 bits per heavy atom. The number of fused-ring (bicyclic) bond motifs is 1. The Kier molecular flexibility index (Phi) is 3.81. The van der Waals surface area contributed by atoms with E-state index < -0.39 is 0 Å². The standard InChI is InChI=1S/C16H13ClFN7/c1-25-8-11(6-20-25)21-16-22-14(12-7-19-24-15(12)23-16)5-9-4-10(17)2-3-13(9)18/h2-4,6-8H,5H2,1H3,(H2,19,21,22,23,24). The van der Waals surface area contributed by atoms with Gasteiger partial charge in [-0.05, 0) is 23.8 Å². The third kappa shape index (κ3) is 3.16. The molecule has 0 aliphatic carbocycles. The largest absolute Gasteiger partial charge is 0.321 e. The zero-order chi connectivity index (χ0) is 17.4. The van der Waals surface area contributed by atoms with Gasteiger partial charge in [-0.1, -0.05) is 11.6 Å². The van der Waals surface area contributed by atoms with E-state index in [1.807, 2.05) is 7.05 Å². The van der Waals surface area contributed by atoms with E-state index in [9.17, 15) is 4.39 Å². The highest BCUT2D eigenvalue weighted by Gasteiger charge is 2.13. The molecule has 126 valence electrons. The van der Waals surface area contributed by atoms with Gasteiger partial charge in [0.2, 0.25) is 5.95 Å². The van der Waals surface area contributed by atoms with Crippen molar-refractivity contribution in [2.24, 2.45) is 7.05 Å². The van der Waals surface area contributed by atoms with Gasteiger partial charge < -0.3 is 5.32 Å². The lowest BCUT2D eigenvalue weighted by molar-refractivity contribution is 0.613. The Morgan fingerprint density at radius 2 is 2.16 bits per heavy atom. The van der Waals surface area contributed by atoms with Gasteiger partial charge in [-0.2, -0.15) is 15.2 Å². The van der Waals surface area contributed by atoms with Gasteiger partial charge in [-0.15, -0.1) is 0 Å². The van der Waals surface area contributed by atoms with Crippen molar-refractivity contribution in [2.45, 2.75) is 6.42 Å². The number of hydrogen-bond donors (Lipinski definition) is 2. The van der Waals surface area contributed by atoms with Crippen molar-refractivity contribution in [1.82, 2.24) is 29.9 Å². The van der Waals surface area contributed by atoms with Crippen LogP contribution in [0.3, 0.4) is 0 Å². The maximum atomic E-state index is 14.1. The van der Waals surface area contributed by atoms with Crippen LogP contribution in [0, 0.1) is 5.82 Å². The molecule has 0 bridgehead atoms. The minimum atomic E-state index is -0.332. The Bertz CT molecular complexity index is 1060. The summed E-state index contributed by atoms with van der Waals surface area (Å²) in [6, 6.07) is 4.46. The fourth-order valence-corrected chi connectivity index (χ4v) is 2.75. The smallest absolute Gasteiger partial charge is 0.229 e. The molecule has 0 radical (unpaired) electrons. The lowest BCUT2D eigenvalue weighted by Crippen LogP contribution is -2.03. The number of H-pyrrole nitrogens is 1. The Hall–Kier alpha value is -3.00. The normalized spacial score (nSPS) is 11.2. The summed E-state index contributed by atoms with van der Waals surface area (Å²) in [7, 11) is 1.82. The number of hydrogen-bond acceptors (Lipinski definition) is 5. The van der Waals surface area contributed by atoms with Crippen LogP contribution >= 0.6 is 11.6 Å². The van der Waals surface area contributed by atoms with Crippen LogP contribution in [0.15, 0.2) is 36.8 Å². The van der Waals surface area contributed by atoms with E-state index >= 15 is 0 Å². The van der Waals surface area contributed by atoms with E-state index in [-0.39, 0.29) is 12.2 Å². The molecule has 3 aromatic heterocycles. The van der Waals surface area contributed by atoms with E-state index in [0.29, 0.717) is 27.9 Å². The minimum Gasteiger partial charge on any atom is -0.321 e. The maximum Gasteiger partial charge on any atom is 0.229 e. The van der Waals surface area contributed by atoms with Crippen molar-refractivity contribution in [3.63, 3.8) is 0 Å². The first-order valence-electron chi connectivity index (χ1n) is 7.48. The molecule has 0 unspecified atom stereocenters. The van der Waals surface area contributed by atoms with Crippen LogP contribution in [0.2, 0.25) is 5.02 Å². The quantitative estimate of drug-likeness (QED) is 0.586. The van der Waals surface area contributed by atoms with Crippen LogP contribution < -0.4 is 5.32 Å². The molecule has 0 saturated carbocycles. The van der Waals surface area contributed by atoms with Crippen molar-refractivity contribution >= 4 is 34.3 Å². The van der Waals surface area contributed by atoms with Crippen LogP contribution in [0.25, 0.3) is 11.0 Å². The highest BCUT2D eigenvalue weighted by atomic mass is 35.5. The van der Waals surface area contributed by atoms with E-state index in [1.54, 1.807) is 29.3 Å². The van der Waals surface area contributed by atoms with Gasteiger partial charge in [0.1, 0.15) is 5.82 Å². The van der Waals surface area contributed by atoms with E-state index in [2.05, 4.69) is 30.6 Å². The predicted octanol–water partition coefficient (Wildman–Crippen LogP) is 3.21. The molecule has 0 atom stereocenters. The zero-order valence-electron chi connectivity index (χ0n) is 13.2. The van der Waals surface area contributed by atoms with E-state index in [4.69, 9.17) is 11.6 Å². The minimum absolute atomic E-state index is 0.271. The highest BCUT2D eigenvalue weighted by molar-refractivity contribution is 6.30. The molecular weight excluding hydrogens is 345 g/mol. The van der Waals surface area contributed by atoms with Gasteiger partial charge in [-0.3, -0.25) is 9.78 Å². The molecule has 3 heterocycles. The second-order valence-electron chi connectivity index (χ2n) is 5.57. The lowest BCUT2D eigenvalue weighted by atomic mass is 10.1. The molecule has 0 fully saturated rings. The van der Waals surface area contributed by atoms with E-state index in [0.717, 1.165) is 11.1 Å². The molecule has 7 nitrogen and oxygen atoms in total. The number of benzene rings is 1. The summed E-state index contributed by atoms with van der Waals surface area (Å²) in [6.07, 6.45) is 5.36. The number of rotatable bonds is 4. The van der Waals surface area contributed by atoms with Crippen molar-refractivity contribution in [2.75, 3.05) is 5.32 Å². The first-order chi connectivity index (χ1) is 12.1. The second-order valence-corrected chi connectivity index (χ2v) is 6.00. The summed E-state index contributed by atoms with van der Waals surface area (Å²) in [5.41, 5.74) is 2.42. The molecule has 1 aromatic carbocycles. The summed E-state index contributed by atoms with van der Waals surface area (Å²) < 4.78 is 15.7. The maximum absolute atomic E-state index is 14.1. The predicted molar refractivity (Wildman–Crippen MR) is 92.4 cm³/mol. The monoisotopic (exact) mass is 357 g/mol. The summed E-state index contributed by atoms with van der Waals surface area (Å²) in [4.78, 5) is 8.90. The average molecular weight is 358 g/mol. The molecule has 0 aliphatic heterocycles. The van der Waals surface area contributed by atoms with Gasteiger partial charge in [-0.25, -0.2) is 9.37 Å². The van der Waals surface area contributed by atoms with Crippen LogP contribution in [0.4, 0.5) is 16.0 Å². The number of aryl methyl sites for hydroxylation is 1. The second kappa shape index (κ2) is 6.14. The Balaban J connectivity index is 1.74. The third-order valence-corrected chi connectivity index (χ3v) is 3.95. The van der Waals surface area contributed by atoms with Crippen molar-refractivity contribution in [3.05, 3.63) is 58.9 Å². The highest BCUT2D eigenvalue weighted by Crippen LogP contribution is 2.23. The molecule has 0 saturated heterocycles. The molecule has 4 rings (SSSR count). The Labute approximate surface area is 146 Å². The summed E-state index contributed by atoms with van der Waals surface area (Å²) in [6.45, 7) is 0. The van der Waals surface area contributed by atoms with Crippen LogP contribution in [-0.4, -0.2) is 29.9 Å². The average Bonchev–Trinajstić information content (AvgIpc) is 3.20. The fraction of sp³-hybridized carbons (Fsp3) is 0.125. The molecule has 0 spiro atoms. The van der Waals surface area contributed by atoms with Gasteiger partial charge >= 0.3 is 0 Å². The topological polar surface area (TPSA) is 84.3 Å². The van der Waals surface area contributed by atoms with Gasteiger partial charge in [0.05, 0.1) is 29.2 Å². The van der Waals surface area contributed by atoms with Gasteiger partial charge in [0, 0.05) is 24.7 Å².